The first-order valence-electron chi connectivity index (χ1n) is 5.35. The van der Waals surface area contributed by atoms with Crippen LogP contribution in [0.3, 0.4) is 0 Å². The molecule has 0 aliphatic rings. The Labute approximate surface area is 109 Å². The van der Waals surface area contributed by atoms with E-state index in [2.05, 4.69) is 6.07 Å². The number of benzene rings is 1. The van der Waals surface area contributed by atoms with Gasteiger partial charge < -0.3 is 10.6 Å². The number of nitrogens with zero attached hydrogens (tertiary/aromatic N) is 2. The molecule has 0 saturated carbocycles. The zero-order valence-electron chi connectivity index (χ0n) is 9.85. The molecule has 18 heavy (non-hydrogen) atoms. The van der Waals surface area contributed by atoms with Crippen LogP contribution in [0.25, 0.3) is 0 Å². The van der Waals surface area contributed by atoms with Crippen molar-refractivity contribution in [2.45, 2.75) is 6.54 Å². The zero-order chi connectivity index (χ0) is 13.1. The summed E-state index contributed by atoms with van der Waals surface area (Å²) in [5.41, 5.74) is 7.08. The van der Waals surface area contributed by atoms with Gasteiger partial charge in [0.25, 0.3) is 0 Å². The number of rotatable bonds is 3. The molecule has 1 aromatic heterocycles. The third-order valence-electron chi connectivity index (χ3n) is 2.53. The predicted molar refractivity (Wildman–Crippen MR) is 72.0 cm³/mol. The molecule has 0 radical (unpaired) electrons. The monoisotopic (exact) mass is 261 g/mol. The fourth-order valence-electron chi connectivity index (χ4n) is 1.65. The minimum Gasteiger partial charge on any atom is -0.397 e. The molecule has 0 amide bonds. The first-order valence-corrected chi connectivity index (χ1v) is 6.17. The van der Waals surface area contributed by atoms with Crippen molar-refractivity contribution in [3.05, 3.63) is 46.6 Å². The van der Waals surface area contributed by atoms with E-state index in [0.29, 0.717) is 17.1 Å². The number of nitrogen functional groups attached to an aromatic ring is 1. The summed E-state index contributed by atoms with van der Waals surface area (Å²) >= 11 is 1.34. The molecule has 0 saturated heterocycles. The van der Waals surface area contributed by atoms with Crippen LogP contribution in [-0.4, -0.2) is 7.05 Å². The van der Waals surface area contributed by atoms with E-state index in [1.165, 1.54) is 23.5 Å². The molecule has 1 aromatic carbocycles. The van der Waals surface area contributed by atoms with E-state index >= 15 is 0 Å². The lowest BCUT2D eigenvalue weighted by Crippen LogP contribution is -2.15. The number of halogens is 1. The van der Waals surface area contributed by atoms with Gasteiger partial charge in [0.05, 0.1) is 10.7 Å². The van der Waals surface area contributed by atoms with E-state index in [1.807, 2.05) is 18.0 Å². The average Bonchev–Trinajstić information content (AvgIpc) is 2.70. The van der Waals surface area contributed by atoms with E-state index in [4.69, 9.17) is 11.0 Å². The molecule has 0 unspecified atom stereocenters. The van der Waals surface area contributed by atoms with Crippen molar-refractivity contribution in [1.82, 2.24) is 0 Å². The highest BCUT2D eigenvalue weighted by molar-refractivity contribution is 7.17. The van der Waals surface area contributed by atoms with Crippen LogP contribution < -0.4 is 10.6 Å². The molecule has 2 aromatic rings. The van der Waals surface area contributed by atoms with E-state index in [-0.39, 0.29) is 5.82 Å². The Morgan fingerprint density at radius 3 is 2.83 bits per heavy atom. The Kier molecular flexibility index (Phi) is 3.49. The largest absolute Gasteiger partial charge is 0.397 e. The van der Waals surface area contributed by atoms with Crippen LogP contribution in [0.15, 0.2) is 30.3 Å². The fourth-order valence-corrected chi connectivity index (χ4v) is 2.49. The second-order valence-corrected chi connectivity index (χ2v) is 5.00. The lowest BCUT2D eigenvalue weighted by Gasteiger charge is -2.16. The maximum Gasteiger partial charge on any atom is 0.129 e. The molecular formula is C13H12FN3S. The van der Waals surface area contributed by atoms with Crippen LogP contribution in [0.1, 0.15) is 10.4 Å². The Hall–Kier alpha value is -2.06. The molecule has 92 valence electrons. The Morgan fingerprint density at radius 2 is 2.22 bits per heavy atom. The van der Waals surface area contributed by atoms with Crippen molar-refractivity contribution in [2.24, 2.45) is 0 Å². The summed E-state index contributed by atoms with van der Waals surface area (Å²) in [5.74, 6) is -0.246. The Bertz CT molecular complexity index is 601. The standard InChI is InChI=1S/C13H12FN3S/c1-17(8-9-3-2-4-10(14)5-9)13-6-11(16)12(7-15)18-13/h2-6H,8,16H2,1H3. The summed E-state index contributed by atoms with van der Waals surface area (Å²) in [7, 11) is 1.89. The van der Waals surface area contributed by atoms with Gasteiger partial charge in [0.2, 0.25) is 0 Å². The first-order chi connectivity index (χ1) is 8.60. The van der Waals surface area contributed by atoms with Gasteiger partial charge >= 0.3 is 0 Å². The first kappa shape index (κ1) is 12.4. The van der Waals surface area contributed by atoms with Crippen LogP contribution in [-0.2, 0) is 6.54 Å². The van der Waals surface area contributed by atoms with Crippen LogP contribution in [0, 0.1) is 17.1 Å². The lowest BCUT2D eigenvalue weighted by molar-refractivity contribution is 0.625. The van der Waals surface area contributed by atoms with Crippen LogP contribution in [0.4, 0.5) is 15.1 Å². The predicted octanol–water partition coefficient (Wildman–Crippen LogP) is 2.98. The van der Waals surface area contributed by atoms with Crippen molar-refractivity contribution in [3.8, 4) is 6.07 Å². The van der Waals surface area contributed by atoms with Gasteiger partial charge in [0.15, 0.2) is 0 Å². The molecule has 0 atom stereocenters. The third kappa shape index (κ3) is 2.60. The molecule has 3 nitrogen and oxygen atoms in total. The number of thiophene rings is 1. The van der Waals surface area contributed by atoms with Gasteiger partial charge in [-0.15, -0.1) is 11.3 Å². The number of anilines is 2. The molecule has 2 rings (SSSR count). The average molecular weight is 261 g/mol. The number of nitriles is 1. The molecule has 1 heterocycles. The maximum absolute atomic E-state index is 13.1. The summed E-state index contributed by atoms with van der Waals surface area (Å²) in [4.78, 5) is 2.45. The molecule has 0 fully saturated rings. The third-order valence-corrected chi connectivity index (χ3v) is 3.70. The summed E-state index contributed by atoms with van der Waals surface area (Å²) in [6.07, 6.45) is 0. The molecule has 0 aliphatic heterocycles. The Morgan fingerprint density at radius 1 is 1.44 bits per heavy atom. The molecule has 0 spiro atoms. The van der Waals surface area contributed by atoms with Crippen molar-refractivity contribution >= 4 is 22.0 Å². The molecular weight excluding hydrogens is 249 g/mol. The number of nitrogens with two attached hydrogens (primary N) is 1. The van der Waals surface area contributed by atoms with E-state index in [1.54, 1.807) is 12.1 Å². The van der Waals surface area contributed by atoms with Gasteiger partial charge in [-0.25, -0.2) is 4.39 Å². The molecule has 0 aliphatic carbocycles. The highest BCUT2D eigenvalue weighted by atomic mass is 32.1. The van der Waals surface area contributed by atoms with Gasteiger partial charge in [-0.3, -0.25) is 0 Å². The van der Waals surface area contributed by atoms with Crippen molar-refractivity contribution in [1.29, 1.82) is 5.26 Å². The number of hydrogen-bond donors (Lipinski definition) is 1. The molecule has 5 heteroatoms. The number of hydrogen-bond acceptors (Lipinski definition) is 4. The summed E-state index contributed by atoms with van der Waals surface area (Å²) in [6.45, 7) is 0.572. The topological polar surface area (TPSA) is 53.0 Å². The summed E-state index contributed by atoms with van der Waals surface area (Å²) in [6, 6.07) is 10.3. The fraction of sp³-hybridized carbons (Fsp3) is 0.154. The van der Waals surface area contributed by atoms with Crippen LogP contribution >= 0.6 is 11.3 Å². The zero-order valence-corrected chi connectivity index (χ0v) is 10.7. The van der Waals surface area contributed by atoms with Crippen molar-refractivity contribution in [2.75, 3.05) is 17.7 Å². The SMILES string of the molecule is CN(Cc1cccc(F)c1)c1cc(N)c(C#N)s1. The van der Waals surface area contributed by atoms with Gasteiger partial charge in [-0.2, -0.15) is 5.26 Å². The lowest BCUT2D eigenvalue weighted by atomic mass is 10.2. The highest BCUT2D eigenvalue weighted by Gasteiger charge is 2.10. The second kappa shape index (κ2) is 5.07. The smallest absolute Gasteiger partial charge is 0.129 e. The van der Waals surface area contributed by atoms with Crippen molar-refractivity contribution < 1.29 is 4.39 Å². The molecule has 0 bridgehead atoms. The van der Waals surface area contributed by atoms with Gasteiger partial charge in [0.1, 0.15) is 16.8 Å². The van der Waals surface area contributed by atoms with Crippen LogP contribution in [0.5, 0.6) is 0 Å². The van der Waals surface area contributed by atoms with E-state index in [0.717, 1.165) is 10.6 Å². The second-order valence-electron chi connectivity index (χ2n) is 3.97. The van der Waals surface area contributed by atoms with Gasteiger partial charge in [-0.05, 0) is 23.8 Å². The normalized spacial score (nSPS) is 10.1. The minimum atomic E-state index is -0.246. The molecule has 2 N–H and O–H groups in total. The Balaban J connectivity index is 2.17. The van der Waals surface area contributed by atoms with Gasteiger partial charge in [-0.1, -0.05) is 12.1 Å². The van der Waals surface area contributed by atoms with Crippen LogP contribution in [0.2, 0.25) is 0 Å². The van der Waals surface area contributed by atoms with Crippen molar-refractivity contribution in [3.63, 3.8) is 0 Å². The summed E-state index contributed by atoms with van der Waals surface area (Å²) < 4.78 is 13.1. The minimum absolute atomic E-state index is 0.246. The maximum atomic E-state index is 13.1. The van der Waals surface area contributed by atoms with E-state index in [9.17, 15) is 4.39 Å². The summed E-state index contributed by atoms with van der Waals surface area (Å²) in [5, 5.41) is 9.75. The highest BCUT2D eigenvalue weighted by Crippen LogP contribution is 2.31. The van der Waals surface area contributed by atoms with E-state index < -0.39 is 0 Å². The quantitative estimate of drug-likeness (QED) is 0.924. The van der Waals surface area contributed by atoms with Gasteiger partial charge in [0, 0.05) is 13.6 Å².